The number of aliphatic hydroxyl groups is 1. The molecule has 2 aliphatic rings. The zero-order valence-corrected chi connectivity index (χ0v) is 13.0. The molecule has 2 aromatic rings. The van der Waals surface area contributed by atoms with Crippen LogP contribution in [0.15, 0.2) is 44.9 Å². The second-order valence-corrected chi connectivity index (χ2v) is 5.74. The average Bonchev–Trinajstić information content (AvgIpc) is 2.89. The van der Waals surface area contributed by atoms with Crippen molar-refractivity contribution in [1.82, 2.24) is 0 Å². The summed E-state index contributed by atoms with van der Waals surface area (Å²) in [6.45, 7) is -0.628. The number of hydrogen-bond acceptors (Lipinski definition) is 7. The van der Waals surface area contributed by atoms with E-state index in [0.29, 0.717) is 0 Å². The Morgan fingerprint density at radius 3 is 2.81 bits per heavy atom. The van der Waals surface area contributed by atoms with E-state index in [4.69, 9.17) is 14.9 Å². The smallest absolute Gasteiger partial charge is 0.248 e. The maximum absolute atomic E-state index is 13.9. The zero-order chi connectivity index (χ0) is 18.6. The molecule has 0 fully saturated rings. The molecule has 4 rings (SSSR count). The number of nitrogens with two attached hydrogens (primary N) is 1. The van der Waals surface area contributed by atoms with Gasteiger partial charge in [0, 0.05) is 17.3 Å². The number of carbonyl (C=O) groups is 1. The van der Waals surface area contributed by atoms with Crippen molar-refractivity contribution in [3.8, 4) is 11.8 Å². The molecule has 8 nitrogen and oxygen atoms in total. The summed E-state index contributed by atoms with van der Waals surface area (Å²) in [5, 5.41) is 21.5. The summed E-state index contributed by atoms with van der Waals surface area (Å²) in [4.78, 5) is 25.3. The molecule has 26 heavy (non-hydrogen) atoms. The van der Waals surface area contributed by atoms with Crippen LogP contribution in [0.2, 0.25) is 0 Å². The van der Waals surface area contributed by atoms with Gasteiger partial charge in [-0.05, 0) is 18.2 Å². The molecule has 0 saturated carbocycles. The lowest BCUT2D eigenvalue weighted by Gasteiger charge is -2.31. The lowest BCUT2D eigenvalue weighted by Crippen LogP contribution is -2.43. The number of benzene rings is 1. The maximum Gasteiger partial charge on any atom is 0.248 e. The molecule has 1 amide bonds. The van der Waals surface area contributed by atoms with E-state index in [1.54, 1.807) is 6.07 Å². The van der Waals surface area contributed by atoms with Crippen LogP contribution in [0.5, 0.6) is 5.75 Å². The van der Waals surface area contributed by atoms with Gasteiger partial charge in [-0.25, -0.2) is 4.39 Å². The standard InChI is InChI=1S/C17H10FN3O5/c18-7-1-2-11-9(3-7)17(16(24)21-11)10(5-19)15(20)26-13-12(23)4-8(6-22)25-14(13)17/h1-4,22H,6,20H2,(H,21,24)/t17-/m0/s1. The summed E-state index contributed by atoms with van der Waals surface area (Å²) in [6.07, 6.45) is 0. The first-order valence-electron chi connectivity index (χ1n) is 7.41. The SMILES string of the molecule is N#CC1=C(N)Oc2c(oc(CO)cc2=O)[C@@]12C(=O)Nc1ccc(F)cc12. The second kappa shape index (κ2) is 5.18. The van der Waals surface area contributed by atoms with Gasteiger partial charge < -0.3 is 25.3 Å². The highest BCUT2D eigenvalue weighted by molar-refractivity contribution is 6.12. The molecule has 1 aromatic heterocycles. The lowest BCUT2D eigenvalue weighted by atomic mass is 9.72. The number of aliphatic hydroxyl groups excluding tert-OH is 1. The van der Waals surface area contributed by atoms with Crippen LogP contribution in [0.25, 0.3) is 0 Å². The Balaban J connectivity index is 2.20. The third kappa shape index (κ3) is 1.79. The molecule has 0 bridgehead atoms. The van der Waals surface area contributed by atoms with Crippen molar-refractivity contribution in [3.63, 3.8) is 0 Å². The fourth-order valence-corrected chi connectivity index (χ4v) is 3.30. The van der Waals surface area contributed by atoms with Crippen LogP contribution in [0.3, 0.4) is 0 Å². The van der Waals surface area contributed by atoms with E-state index in [0.717, 1.165) is 18.2 Å². The molecule has 0 radical (unpaired) electrons. The van der Waals surface area contributed by atoms with Crippen molar-refractivity contribution < 1.29 is 23.4 Å². The van der Waals surface area contributed by atoms with Gasteiger partial charge in [0.1, 0.15) is 29.8 Å². The van der Waals surface area contributed by atoms with Crippen LogP contribution >= 0.6 is 0 Å². The largest absolute Gasteiger partial charge is 0.457 e. The first kappa shape index (κ1) is 15.9. The average molecular weight is 355 g/mol. The van der Waals surface area contributed by atoms with E-state index >= 15 is 0 Å². The minimum absolute atomic E-state index is 0.0600. The van der Waals surface area contributed by atoms with Crippen LogP contribution in [-0.4, -0.2) is 11.0 Å². The lowest BCUT2D eigenvalue weighted by molar-refractivity contribution is -0.119. The number of ether oxygens (including phenoxy) is 1. The number of fused-ring (bicyclic) bond motifs is 4. The number of amides is 1. The van der Waals surface area contributed by atoms with Crippen LogP contribution < -0.4 is 21.2 Å². The van der Waals surface area contributed by atoms with Crippen molar-refractivity contribution in [2.75, 3.05) is 5.32 Å². The molecular formula is C17H10FN3O5. The molecule has 0 aliphatic carbocycles. The van der Waals surface area contributed by atoms with E-state index < -0.39 is 40.8 Å². The monoisotopic (exact) mass is 355 g/mol. The molecule has 1 atom stereocenters. The molecule has 0 saturated heterocycles. The summed E-state index contributed by atoms with van der Waals surface area (Å²) in [5.74, 6) is -2.75. The quantitative estimate of drug-likeness (QED) is 0.680. The second-order valence-electron chi connectivity index (χ2n) is 5.74. The van der Waals surface area contributed by atoms with Gasteiger partial charge >= 0.3 is 0 Å². The van der Waals surface area contributed by atoms with Crippen molar-refractivity contribution in [2.45, 2.75) is 12.0 Å². The summed E-state index contributed by atoms with van der Waals surface area (Å²) >= 11 is 0. The Morgan fingerprint density at radius 1 is 1.35 bits per heavy atom. The number of rotatable bonds is 1. The fraction of sp³-hybridized carbons (Fsp3) is 0.118. The topological polar surface area (TPSA) is 139 Å². The van der Waals surface area contributed by atoms with Gasteiger partial charge in [0.25, 0.3) is 0 Å². The van der Waals surface area contributed by atoms with Crippen molar-refractivity contribution in [1.29, 1.82) is 5.26 Å². The van der Waals surface area contributed by atoms with Crippen LogP contribution in [-0.2, 0) is 16.8 Å². The van der Waals surface area contributed by atoms with Gasteiger partial charge in [-0.15, -0.1) is 0 Å². The number of hydrogen-bond donors (Lipinski definition) is 3. The maximum atomic E-state index is 13.9. The molecule has 9 heteroatoms. The summed E-state index contributed by atoms with van der Waals surface area (Å²) in [6, 6.07) is 6.30. The summed E-state index contributed by atoms with van der Waals surface area (Å²) in [7, 11) is 0. The predicted molar refractivity (Wildman–Crippen MR) is 84.2 cm³/mol. The summed E-state index contributed by atoms with van der Waals surface area (Å²) < 4.78 is 24.7. The van der Waals surface area contributed by atoms with E-state index in [1.807, 2.05) is 0 Å². The van der Waals surface area contributed by atoms with E-state index in [9.17, 15) is 24.3 Å². The van der Waals surface area contributed by atoms with E-state index in [-0.39, 0.29) is 28.3 Å². The molecular weight excluding hydrogens is 345 g/mol. The van der Waals surface area contributed by atoms with E-state index in [1.165, 1.54) is 6.07 Å². The van der Waals surface area contributed by atoms with Gasteiger partial charge in [0.15, 0.2) is 11.2 Å². The van der Waals surface area contributed by atoms with Gasteiger partial charge in [0.2, 0.25) is 23.0 Å². The van der Waals surface area contributed by atoms with Gasteiger partial charge in [-0.3, -0.25) is 9.59 Å². The number of nitriles is 1. The highest BCUT2D eigenvalue weighted by Crippen LogP contribution is 2.52. The van der Waals surface area contributed by atoms with Crippen LogP contribution in [0.4, 0.5) is 10.1 Å². The van der Waals surface area contributed by atoms with Crippen LogP contribution in [0.1, 0.15) is 17.1 Å². The Labute approximate surface area is 144 Å². The number of nitrogens with one attached hydrogen (secondary N) is 1. The van der Waals surface area contributed by atoms with Crippen molar-refractivity contribution in [3.05, 3.63) is 68.8 Å². The number of anilines is 1. The normalized spacial score (nSPS) is 20.3. The fourth-order valence-electron chi connectivity index (χ4n) is 3.30. The molecule has 2 aliphatic heterocycles. The number of carbonyl (C=O) groups excluding carboxylic acids is 1. The number of halogens is 1. The first-order valence-corrected chi connectivity index (χ1v) is 7.41. The molecule has 3 heterocycles. The minimum Gasteiger partial charge on any atom is -0.457 e. The molecule has 4 N–H and O–H groups in total. The van der Waals surface area contributed by atoms with Crippen molar-refractivity contribution in [2.24, 2.45) is 5.73 Å². The highest BCUT2D eigenvalue weighted by atomic mass is 19.1. The minimum atomic E-state index is -1.99. The predicted octanol–water partition coefficient (Wildman–Crippen LogP) is 0.596. The van der Waals surface area contributed by atoms with Gasteiger partial charge in [-0.1, -0.05) is 0 Å². The Morgan fingerprint density at radius 2 is 2.12 bits per heavy atom. The molecule has 1 aromatic carbocycles. The Hall–Kier alpha value is -3.64. The van der Waals surface area contributed by atoms with Crippen molar-refractivity contribution >= 4 is 11.6 Å². The Bertz CT molecular complexity index is 1110. The molecule has 0 unspecified atom stereocenters. The van der Waals surface area contributed by atoms with Gasteiger partial charge in [0.05, 0.1) is 0 Å². The number of nitrogens with zero attached hydrogens (tertiary/aromatic N) is 1. The zero-order valence-electron chi connectivity index (χ0n) is 13.0. The Kier molecular flexibility index (Phi) is 3.16. The third-order valence-corrected chi connectivity index (χ3v) is 4.37. The van der Waals surface area contributed by atoms with Gasteiger partial charge in [-0.2, -0.15) is 5.26 Å². The van der Waals surface area contributed by atoms with E-state index in [2.05, 4.69) is 5.32 Å². The third-order valence-electron chi connectivity index (χ3n) is 4.37. The highest BCUT2D eigenvalue weighted by Gasteiger charge is 2.59. The van der Waals surface area contributed by atoms with Crippen LogP contribution in [0, 0.1) is 17.1 Å². The molecule has 130 valence electrons. The summed E-state index contributed by atoms with van der Waals surface area (Å²) in [5.41, 5.74) is 3.05. The molecule has 1 spiro atoms. The first-order chi connectivity index (χ1) is 12.4.